The Balaban J connectivity index is 1.21. The van der Waals surface area contributed by atoms with Crippen molar-refractivity contribution in [2.75, 3.05) is 26.2 Å². The van der Waals surface area contributed by atoms with Crippen LogP contribution >= 0.6 is 0 Å². The van der Waals surface area contributed by atoms with E-state index in [4.69, 9.17) is 0 Å². The van der Waals surface area contributed by atoms with Gasteiger partial charge in [0.25, 0.3) is 0 Å². The molecular weight excluding hydrogens is 474 g/mol. The molecule has 5 rings (SSSR count). The minimum absolute atomic E-state index is 0.00635. The standard InChI is InChI=1S/C27H33F4N3O2/c28-21-8-5-18(27(29,30)31)15-17(21)16-33-25(36)23-20-7-6-19(26(20)9-10-26)22(23)24(35)32-11-1-2-12-34-13-3-4-14-34/h5-8,15,19-20,22-23H,1-4,9-14,16H2,(H,32,35)(H,33,36)/t19-,20+,22-,23-/m1/s1. The number of amides is 2. The lowest BCUT2D eigenvalue weighted by molar-refractivity contribution is -0.137. The molecule has 2 saturated carbocycles. The van der Waals surface area contributed by atoms with Crippen LogP contribution in [0.3, 0.4) is 0 Å². The maximum absolute atomic E-state index is 14.2. The fraction of sp³-hybridized carbons (Fsp3) is 0.630. The number of rotatable bonds is 9. The first-order chi connectivity index (χ1) is 17.2. The SMILES string of the molecule is O=C(NCCCCN1CCCC1)[C@H]1[C@H](C(=O)NCc2cc(C(F)(F)F)ccc2F)[C@@H]2C=C[C@H]1C21CC1. The van der Waals surface area contributed by atoms with E-state index >= 15 is 0 Å². The molecule has 1 saturated heterocycles. The minimum atomic E-state index is -4.60. The van der Waals surface area contributed by atoms with Gasteiger partial charge in [0.2, 0.25) is 11.8 Å². The lowest BCUT2D eigenvalue weighted by Crippen LogP contribution is -2.44. The Labute approximate surface area is 208 Å². The van der Waals surface area contributed by atoms with E-state index in [1.54, 1.807) is 0 Å². The summed E-state index contributed by atoms with van der Waals surface area (Å²) in [6, 6.07) is 2.18. The van der Waals surface area contributed by atoms with E-state index < -0.39 is 35.3 Å². The fourth-order valence-electron chi connectivity index (χ4n) is 6.69. The second kappa shape index (κ2) is 9.80. The molecule has 0 aromatic heterocycles. The highest BCUT2D eigenvalue weighted by atomic mass is 19.4. The number of benzene rings is 1. The molecule has 1 aliphatic heterocycles. The molecule has 9 heteroatoms. The first-order valence-corrected chi connectivity index (χ1v) is 13.0. The van der Waals surface area contributed by atoms with Gasteiger partial charge in [0.15, 0.2) is 0 Å². The highest BCUT2D eigenvalue weighted by molar-refractivity contribution is 5.90. The summed E-state index contributed by atoms with van der Waals surface area (Å²) in [6.45, 7) is 3.53. The number of carbonyl (C=O) groups excluding carboxylic acids is 2. The summed E-state index contributed by atoms with van der Waals surface area (Å²) in [5.41, 5.74) is -1.24. The van der Waals surface area contributed by atoms with E-state index in [0.29, 0.717) is 12.6 Å². The third-order valence-electron chi connectivity index (χ3n) is 8.67. The molecule has 2 amide bonds. The zero-order valence-electron chi connectivity index (χ0n) is 20.2. The molecule has 1 heterocycles. The van der Waals surface area contributed by atoms with Crippen LogP contribution in [0.2, 0.25) is 0 Å². The summed E-state index contributed by atoms with van der Waals surface area (Å²) in [4.78, 5) is 29.0. The van der Waals surface area contributed by atoms with E-state index in [2.05, 4.69) is 21.6 Å². The van der Waals surface area contributed by atoms with E-state index in [1.807, 2.05) is 6.08 Å². The molecule has 3 aliphatic carbocycles. The number of nitrogens with zero attached hydrogens (tertiary/aromatic N) is 1. The van der Waals surface area contributed by atoms with E-state index in [0.717, 1.165) is 57.5 Å². The Morgan fingerprint density at radius 2 is 1.61 bits per heavy atom. The third-order valence-corrected chi connectivity index (χ3v) is 8.67. The Kier molecular flexibility index (Phi) is 6.87. The summed E-state index contributed by atoms with van der Waals surface area (Å²) in [7, 11) is 0. The second-order valence-corrected chi connectivity index (χ2v) is 10.8. The summed E-state index contributed by atoms with van der Waals surface area (Å²) >= 11 is 0. The molecule has 1 spiro atoms. The highest BCUT2D eigenvalue weighted by Crippen LogP contribution is 2.72. The van der Waals surface area contributed by atoms with Crippen molar-refractivity contribution in [3.63, 3.8) is 0 Å². The number of allylic oxidation sites excluding steroid dienone is 2. The van der Waals surface area contributed by atoms with Gasteiger partial charge in [0, 0.05) is 18.7 Å². The van der Waals surface area contributed by atoms with Crippen molar-refractivity contribution in [3.05, 3.63) is 47.3 Å². The Morgan fingerprint density at radius 3 is 2.22 bits per heavy atom. The van der Waals surface area contributed by atoms with Crippen molar-refractivity contribution in [1.82, 2.24) is 15.5 Å². The molecule has 3 fully saturated rings. The maximum atomic E-state index is 14.2. The maximum Gasteiger partial charge on any atom is 0.416 e. The summed E-state index contributed by atoms with van der Waals surface area (Å²) < 4.78 is 53.3. The van der Waals surface area contributed by atoms with Crippen LogP contribution in [0.5, 0.6) is 0 Å². The van der Waals surface area contributed by atoms with Gasteiger partial charge in [-0.05, 0) is 93.6 Å². The van der Waals surface area contributed by atoms with E-state index in [9.17, 15) is 27.2 Å². The molecule has 1 aromatic carbocycles. The predicted octanol–water partition coefficient (Wildman–Crippen LogP) is 4.28. The number of nitrogens with one attached hydrogen (secondary N) is 2. The van der Waals surface area contributed by atoms with Crippen LogP contribution in [0.25, 0.3) is 0 Å². The normalized spacial score (nSPS) is 28.1. The second-order valence-electron chi connectivity index (χ2n) is 10.8. The van der Waals surface area contributed by atoms with Crippen molar-refractivity contribution >= 4 is 11.8 Å². The molecule has 36 heavy (non-hydrogen) atoms. The summed E-state index contributed by atoms with van der Waals surface area (Å²) in [5, 5.41) is 5.67. The van der Waals surface area contributed by atoms with Crippen molar-refractivity contribution in [2.24, 2.45) is 29.1 Å². The van der Waals surface area contributed by atoms with E-state index in [-0.39, 0.29) is 35.3 Å². The van der Waals surface area contributed by atoms with Crippen LogP contribution in [0.1, 0.15) is 49.7 Å². The lowest BCUT2D eigenvalue weighted by Gasteiger charge is -2.26. The average Bonchev–Trinajstić information content (AvgIpc) is 3.19. The van der Waals surface area contributed by atoms with E-state index in [1.165, 1.54) is 12.8 Å². The van der Waals surface area contributed by atoms with Crippen molar-refractivity contribution in [1.29, 1.82) is 0 Å². The van der Waals surface area contributed by atoms with Gasteiger partial charge in [-0.1, -0.05) is 12.2 Å². The molecule has 196 valence electrons. The number of carbonyl (C=O) groups is 2. The lowest BCUT2D eigenvalue weighted by atomic mass is 9.81. The molecule has 2 N–H and O–H groups in total. The molecule has 1 aromatic rings. The van der Waals surface area contributed by atoms with Crippen LogP contribution < -0.4 is 10.6 Å². The van der Waals surface area contributed by atoms with Gasteiger partial charge in [0.1, 0.15) is 5.82 Å². The van der Waals surface area contributed by atoms with Gasteiger partial charge in [-0.25, -0.2) is 4.39 Å². The number of hydrogen-bond acceptors (Lipinski definition) is 3. The number of hydrogen-bond donors (Lipinski definition) is 2. The quantitative estimate of drug-likeness (QED) is 0.298. The summed E-state index contributed by atoms with van der Waals surface area (Å²) in [5.74, 6) is -2.52. The largest absolute Gasteiger partial charge is 0.416 e. The third kappa shape index (κ3) is 4.78. The van der Waals surface area contributed by atoms with Crippen molar-refractivity contribution in [3.8, 4) is 0 Å². The first-order valence-electron chi connectivity index (χ1n) is 13.0. The molecule has 4 atom stereocenters. The van der Waals surface area contributed by atoms with Crippen molar-refractivity contribution < 1.29 is 27.2 Å². The number of likely N-dealkylation sites (tertiary alicyclic amines) is 1. The number of halogens is 4. The zero-order chi connectivity index (χ0) is 25.5. The number of unbranched alkanes of at least 4 members (excludes halogenated alkanes) is 1. The molecule has 2 bridgehead atoms. The topological polar surface area (TPSA) is 61.4 Å². The van der Waals surface area contributed by atoms with Gasteiger partial charge in [0.05, 0.1) is 17.4 Å². The Bertz CT molecular complexity index is 1030. The molecule has 4 aliphatic rings. The predicted molar refractivity (Wildman–Crippen MR) is 126 cm³/mol. The number of alkyl halides is 3. The van der Waals surface area contributed by atoms with Gasteiger partial charge in [-0.2, -0.15) is 13.2 Å². The Morgan fingerprint density at radius 1 is 0.972 bits per heavy atom. The van der Waals surface area contributed by atoms with Crippen molar-refractivity contribution in [2.45, 2.75) is 51.2 Å². The fourth-order valence-corrected chi connectivity index (χ4v) is 6.69. The molecular formula is C27H33F4N3O2. The smallest absolute Gasteiger partial charge is 0.356 e. The van der Waals surface area contributed by atoms with Crippen LogP contribution in [0.15, 0.2) is 30.4 Å². The van der Waals surface area contributed by atoms with Gasteiger partial charge >= 0.3 is 6.18 Å². The molecule has 0 radical (unpaired) electrons. The monoisotopic (exact) mass is 507 g/mol. The Hall–Kier alpha value is -2.42. The average molecular weight is 508 g/mol. The van der Waals surface area contributed by atoms with Gasteiger partial charge < -0.3 is 15.5 Å². The van der Waals surface area contributed by atoms with Crippen LogP contribution in [-0.4, -0.2) is 42.9 Å². The minimum Gasteiger partial charge on any atom is -0.356 e. The van der Waals surface area contributed by atoms with Gasteiger partial charge in [-0.15, -0.1) is 0 Å². The molecule has 0 unspecified atom stereocenters. The highest BCUT2D eigenvalue weighted by Gasteiger charge is 2.69. The summed E-state index contributed by atoms with van der Waals surface area (Å²) in [6.07, 6.45) is 5.78. The van der Waals surface area contributed by atoms with Gasteiger partial charge in [-0.3, -0.25) is 9.59 Å². The van der Waals surface area contributed by atoms with Crippen LogP contribution in [-0.2, 0) is 22.3 Å². The van der Waals surface area contributed by atoms with Crippen LogP contribution in [0.4, 0.5) is 17.6 Å². The zero-order valence-corrected chi connectivity index (χ0v) is 20.2. The first kappa shape index (κ1) is 25.2. The molecule has 5 nitrogen and oxygen atoms in total. The van der Waals surface area contributed by atoms with Crippen LogP contribution in [0, 0.1) is 34.9 Å².